The van der Waals surface area contributed by atoms with E-state index in [0.29, 0.717) is 29.6 Å². The van der Waals surface area contributed by atoms with Gasteiger partial charge in [0.15, 0.2) is 0 Å². The zero-order chi connectivity index (χ0) is 24.5. The summed E-state index contributed by atoms with van der Waals surface area (Å²) < 4.78 is 12.8. The Balaban J connectivity index is 2.07. The number of nitrogens with two attached hydrogens (primary N) is 1. The Morgan fingerprint density at radius 3 is 2.68 bits per heavy atom. The molecule has 0 saturated heterocycles. The van der Waals surface area contributed by atoms with Crippen LogP contribution >= 0.6 is 12.2 Å². The van der Waals surface area contributed by atoms with Crippen LogP contribution in [-0.4, -0.2) is 42.3 Å². The summed E-state index contributed by atoms with van der Waals surface area (Å²) in [4.78, 5) is 4.74. The highest BCUT2D eigenvalue weighted by molar-refractivity contribution is 7.71. The Kier molecular flexibility index (Phi) is 8.85. The summed E-state index contributed by atoms with van der Waals surface area (Å²) in [5.41, 5.74) is 9.89. The maximum absolute atomic E-state index is 6.09. The van der Waals surface area contributed by atoms with Crippen LogP contribution in [0.4, 0.5) is 0 Å². The van der Waals surface area contributed by atoms with E-state index in [4.69, 9.17) is 38.8 Å². The number of terminal acetylenes is 1. The molecule has 3 aromatic rings. The molecule has 8 nitrogen and oxygen atoms in total. The van der Waals surface area contributed by atoms with Gasteiger partial charge in [-0.1, -0.05) is 44.0 Å². The summed E-state index contributed by atoms with van der Waals surface area (Å²) in [7, 11) is 1.60. The van der Waals surface area contributed by atoms with Crippen LogP contribution in [0.25, 0.3) is 22.2 Å². The molecule has 0 spiro atoms. The van der Waals surface area contributed by atoms with Gasteiger partial charge in [0.05, 0.1) is 30.9 Å². The van der Waals surface area contributed by atoms with E-state index in [-0.39, 0.29) is 19.0 Å². The topological polar surface area (TPSA) is 99.4 Å². The highest BCUT2D eigenvalue weighted by atomic mass is 32.1. The zero-order valence-electron chi connectivity index (χ0n) is 19.6. The van der Waals surface area contributed by atoms with Crippen LogP contribution in [0.15, 0.2) is 57.9 Å². The number of ether oxygens (including phenoxy) is 2. The fourth-order valence-electron chi connectivity index (χ4n) is 3.33. The minimum atomic E-state index is 0.171. The Hall–Kier alpha value is -3.61. The molecule has 176 valence electrons. The van der Waals surface area contributed by atoms with Crippen molar-refractivity contribution >= 4 is 29.0 Å². The predicted molar refractivity (Wildman–Crippen MR) is 138 cm³/mol. The van der Waals surface area contributed by atoms with E-state index in [1.165, 1.54) is 5.56 Å². The molecule has 0 amide bonds. The summed E-state index contributed by atoms with van der Waals surface area (Å²) in [5, 5.41) is 12.5. The third-order valence-corrected chi connectivity index (χ3v) is 5.39. The summed E-state index contributed by atoms with van der Waals surface area (Å²) >= 11 is 5.64. The highest BCUT2D eigenvalue weighted by Crippen LogP contribution is 2.31. The second-order valence-corrected chi connectivity index (χ2v) is 8.18. The molecule has 0 fully saturated rings. The Morgan fingerprint density at radius 1 is 1.24 bits per heavy atom. The molecule has 9 heteroatoms. The first kappa shape index (κ1) is 25.0. The van der Waals surface area contributed by atoms with Gasteiger partial charge in [0.2, 0.25) is 4.77 Å². The molecule has 0 aliphatic heterocycles. The van der Waals surface area contributed by atoms with Crippen molar-refractivity contribution in [1.29, 1.82) is 0 Å². The molecule has 0 aliphatic carbocycles. The van der Waals surface area contributed by atoms with Gasteiger partial charge in [-0.15, -0.1) is 11.5 Å². The molecular weight excluding hydrogens is 448 g/mol. The number of fused-ring (bicyclic) bond motifs is 1. The quantitative estimate of drug-likeness (QED) is 0.0850. The van der Waals surface area contributed by atoms with Crippen molar-refractivity contribution in [2.24, 2.45) is 21.2 Å². The lowest BCUT2D eigenvalue weighted by molar-refractivity contribution is 0.206. The van der Waals surface area contributed by atoms with Gasteiger partial charge in [0, 0.05) is 18.1 Å². The van der Waals surface area contributed by atoms with Crippen LogP contribution in [-0.2, 0) is 11.3 Å². The normalized spacial score (nSPS) is 11.9. The van der Waals surface area contributed by atoms with Crippen molar-refractivity contribution in [2.75, 3.05) is 26.9 Å². The molecule has 0 aliphatic rings. The molecule has 3 rings (SSSR count). The molecule has 34 heavy (non-hydrogen) atoms. The lowest BCUT2D eigenvalue weighted by Crippen LogP contribution is -2.21. The number of hydrogen-bond donors (Lipinski definition) is 1. The molecule has 0 atom stereocenters. The van der Waals surface area contributed by atoms with Gasteiger partial charge in [0.1, 0.15) is 18.2 Å². The first-order chi connectivity index (χ1) is 16.4. The molecule has 0 saturated carbocycles. The van der Waals surface area contributed by atoms with Crippen LogP contribution in [0.1, 0.15) is 25.3 Å². The van der Waals surface area contributed by atoms with Crippen molar-refractivity contribution in [1.82, 2.24) is 9.55 Å². The van der Waals surface area contributed by atoms with Gasteiger partial charge >= 0.3 is 0 Å². The first-order valence-electron chi connectivity index (χ1n) is 10.8. The number of rotatable bonds is 10. The molecule has 2 N–H and O–H groups in total. The van der Waals surface area contributed by atoms with Crippen LogP contribution in [0.5, 0.6) is 5.75 Å². The van der Waals surface area contributed by atoms with E-state index in [1.807, 2.05) is 22.8 Å². The van der Waals surface area contributed by atoms with Crippen LogP contribution in [0.3, 0.4) is 0 Å². The number of benzene rings is 2. The average Bonchev–Trinajstić information content (AvgIpc) is 2.84. The molecular formula is C25H28N6O2S. The smallest absolute Gasteiger partial charge is 0.200 e. The maximum atomic E-state index is 6.09. The Bertz CT molecular complexity index is 1290. The highest BCUT2D eigenvalue weighted by Gasteiger charge is 2.13. The zero-order valence-corrected chi connectivity index (χ0v) is 20.4. The van der Waals surface area contributed by atoms with Gasteiger partial charge in [-0.2, -0.15) is 5.11 Å². The number of aromatic nitrogens is 2. The third-order valence-electron chi connectivity index (χ3n) is 5.08. The van der Waals surface area contributed by atoms with Crippen molar-refractivity contribution < 1.29 is 9.47 Å². The fourth-order valence-corrected chi connectivity index (χ4v) is 3.59. The van der Waals surface area contributed by atoms with E-state index in [2.05, 4.69) is 59.5 Å². The van der Waals surface area contributed by atoms with E-state index >= 15 is 0 Å². The summed E-state index contributed by atoms with van der Waals surface area (Å²) in [5.74, 6) is 3.82. The lowest BCUT2D eigenvalue weighted by Gasteiger charge is -2.15. The first-order valence-corrected chi connectivity index (χ1v) is 11.2. The lowest BCUT2D eigenvalue weighted by atomic mass is 9.99. The standard InChI is InChI=1S/C25H28N6O2S/c1-5-13-33-20-10-11-22-21(15-20)24(19-8-6-18(7-9-19)17(2)3)28-25(34)31(22)16-23(26)29-30-27-12-14-32-4/h1,6-11,15,17H,12-14,16H2,2-4H3,(H2,26,27,29). The molecule has 0 bridgehead atoms. The Labute approximate surface area is 204 Å². The van der Waals surface area contributed by atoms with Gasteiger partial charge in [-0.25, -0.2) is 4.98 Å². The number of hydrogen-bond acceptors (Lipinski definition) is 6. The monoisotopic (exact) mass is 476 g/mol. The van der Waals surface area contributed by atoms with Crippen molar-refractivity contribution in [3.8, 4) is 29.4 Å². The van der Waals surface area contributed by atoms with Crippen molar-refractivity contribution in [3.05, 3.63) is 52.8 Å². The largest absolute Gasteiger partial charge is 0.481 e. The van der Waals surface area contributed by atoms with Crippen molar-refractivity contribution in [2.45, 2.75) is 26.3 Å². The number of amidine groups is 1. The molecule has 0 unspecified atom stereocenters. The van der Waals surface area contributed by atoms with Gasteiger partial charge in [-0.3, -0.25) is 0 Å². The third kappa shape index (κ3) is 6.25. The maximum Gasteiger partial charge on any atom is 0.200 e. The average molecular weight is 477 g/mol. The fraction of sp³-hybridized carbons (Fsp3) is 0.320. The summed E-state index contributed by atoms with van der Waals surface area (Å²) in [6.45, 7) is 5.57. The van der Waals surface area contributed by atoms with E-state index in [0.717, 1.165) is 22.2 Å². The minimum absolute atomic E-state index is 0.171. The van der Waals surface area contributed by atoms with Gasteiger partial charge in [0.25, 0.3) is 0 Å². The summed E-state index contributed by atoms with van der Waals surface area (Å²) in [6.07, 6.45) is 5.36. The molecule has 2 aromatic carbocycles. The van der Waals surface area contributed by atoms with E-state index in [9.17, 15) is 0 Å². The van der Waals surface area contributed by atoms with E-state index < -0.39 is 0 Å². The predicted octanol–water partition coefficient (Wildman–Crippen LogP) is 4.94. The van der Waals surface area contributed by atoms with Crippen LogP contribution < -0.4 is 10.5 Å². The second-order valence-electron chi connectivity index (χ2n) is 7.82. The second kappa shape index (κ2) is 12.0. The number of methoxy groups -OCH3 is 1. The van der Waals surface area contributed by atoms with Crippen LogP contribution in [0.2, 0.25) is 0 Å². The molecule has 1 aromatic heterocycles. The summed E-state index contributed by atoms with van der Waals surface area (Å²) in [6, 6.07) is 14.0. The minimum Gasteiger partial charge on any atom is -0.481 e. The SMILES string of the molecule is C#CCOc1ccc2c(c1)c(-c1ccc(C(C)C)cc1)nc(=S)n2C/C(N)=N/N=NCCOC. The van der Waals surface area contributed by atoms with Gasteiger partial charge < -0.3 is 19.8 Å². The molecule has 0 radical (unpaired) electrons. The number of nitrogens with zero attached hydrogens (tertiary/aromatic N) is 5. The van der Waals surface area contributed by atoms with E-state index in [1.54, 1.807) is 7.11 Å². The van der Waals surface area contributed by atoms with Crippen molar-refractivity contribution in [3.63, 3.8) is 0 Å². The Morgan fingerprint density at radius 2 is 2.00 bits per heavy atom. The van der Waals surface area contributed by atoms with Crippen LogP contribution in [0, 0.1) is 17.1 Å². The molecule has 1 heterocycles. The van der Waals surface area contributed by atoms with Gasteiger partial charge in [-0.05, 0) is 47.1 Å².